The number of carbonyl (C=O) groups is 4. The first-order valence-electron chi connectivity index (χ1n) is 18.0. The van der Waals surface area contributed by atoms with Crippen LogP contribution in [0.4, 0.5) is 0 Å². The molecule has 1 aliphatic heterocycles. The van der Waals surface area contributed by atoms with Crippen LogP contribution in [0.2, 0.25) is 5.04 Å². The Morgan fingerprint density at radius 2 is 1.48 bits per heavy atom. The highest BCUT2D eigenvalue weighted by Crippen LogP contribution is 2.42. The van der Waals surface area contributed by atoms with Crippen molar-refractivity contribution in [2.24, 2.45) is 5.41 Å². The summed E-state index contributed by atoms with van der Waals surface area (Å²) >= 11 is 0. The highest BCUT2D eigenvalue weighted by Gasteiger charge is 2.50. The van der Waals surface area contributed by atoms with Crippen molar-refractivity contribution in [3.63, 3.8) is 0 Å². The fourth-order valence-corrected chi connectivity index (χ4v) is 11.8. The average Bonchev–Trinajstić information content (AvgIpc) is 3.35. The molecule has 300 valence electrons. The van der Waals surface area contributed by atoms with Gasteiger partial charge in [-0.2, -0.15) is 0 Å². The van der Waals surface area contributed by atoms with Gasteiger partial charge in [-0.1, -0.05) is 95.3 Å². The van der Waals surface area contributed by atoms with Gasteiger partial charge >= 0.3 is 11.9 Å². The van der Waals surface area contributed by atoms with Crippen LogP contribution in [0, 0.1) is 5.41 Å². The molecule has 1 aliphatic rings. The van der Waals surface area contributed by atoms with Crippen molar-refractivity contribution in [2.75, 3.05) is 38.7 Å². The molecule has 1 saturated heterocycles. The lowest BCUT2D eigenvalue weighted by molar-refractivity contribution is -0.159. The lowest BCUT2D eigenvalue weighted by atomic mass is 9.91. The van der Waals surface area contributed by atoms with Crippen LogP contribution in [0.5, 0.6) is 0 Å². The quantitative estimate of drug-likeness (QED) is 0.0668. The largest absolute Gasteiger partial charge is 0.478 e. The molecule has 54 heavy (non-hydrogen) atoms. The summed E-state index contributed by atoms with van der Waals surface area (Å²) in [6, 6.07) is 19.0. The highest BCUT2D eigenvalue weighted by atomic mass is 32.3. The Bertz CT molecular complexity index is 1550. The van der Waals surface area contributed by atoms with Gasteiger partial charge in [0.15, 0.2) is 0 Å². The first kappa shape index (κ1) is 44.8. The van der Waals surface area contributed by atoms with E-state index in [4.69, 9.17) is 23.2 Å². The van der Waals surface area contributed by atoms with Crippen LogP contribution >= 0.6 is 10.9 Å². The maximum Gasteiger partial charge on any atom is 0.328 e. The summed E-state index contributed by atoms with van der Waals surface area (Å²) in [5.74, 6) is -3.53. The zero-order valence-electron chi connectivity index (χ0n) is 32.7. The molecular weight excluding hydrogens is 733 g/mol. The van der Waals surface area contributed by atoms with Gasteiger partial charge in [0.25, 0.3) is 8.32 Å². The average molecular weight is 791 g/mol. The summed E-state index contributed by atoms with van der Waals surface area (Å²) < 4.78 is 45.4. The van der Waals surface area contributed by atoms with E-state index >= 15 is 0 Å². The van der Waals surface area contributed by atoms with E-state index in [9.17, 15) is 28.3 Å². The van der Waals surface area contributed by atoms with Crippen molar-refractivity contribution >= 4 is 53.3 Å². The molecule has 15 heteroatoms. The highest BCUT2D eigenvalue weighted by molar-refractivity contribution is 8.20. The molecular formula is C39H58N2O11SSi. The van der Waals surface area contributed by atoms with Gasteiger partial charge in [0, 0.05) is 18.8 Å². The minimum absolute atomic E-state index is 0.0535. The Balaban J connectivity index is 1.58. The number of likely N-dealkylation sites (tertiary alicyclic amines) is 1. The lowest BCUT2D eigenvalue weighted by Crippen LogP contribution is -2.66. The molecule has 0 saturated carbocycles. The predicted molar refractivity (Wildman–Crippen MR) is 211 cm³/mol. The van der Waals surface area contributed by atoms with Crippen LogP contribution in [0.1, 0.15) is 68.2 Å². The van der Waals surface area contributed by atoms with Crippen LogP contribution in [-0.4, -0.2) is 108 Å². The zero-order chi connectivity index (χ0) is 40.4. The van der Waals surface area contributed by atoms with Gasteiger partial charge in [0.05, 0.1) is 42.5 Å². The number of amides is 2. The molecule has 4 N–H and O–H groups in total. The summed E-state index contributed by atoms with van der Waals surface area (Å²) in [6.45, 7) is 15.6. The van der Waals surface area contributed by atoms with Crippen molar-refractivity contribution in [1.29, 1.82) is 0 Å². The Morgan fingerprint density at radius 3 is 2.00 bits per heavy atom. The number of carbonyl (C=O) groups excluding carboxylic acids is 3. The molecule has 1 fully saturated rings. The van der Waals surface area contributed by atoms with Gasteiger partial charge in [-0.05, 0) is 54.4 Å². The molecule has 0 aromatic heterocycles. The lowest BCUT2D eigenvalue weighted by Gasteiger charge is -2.43. The van der Waals surface area contributed by atoms with E-state index in [0.29, 0.717) is 19.1 Å². The molecule has 0 spiro atoms. The van der Waals surface area contributed by atoms with Gasteiger partial charge in [0.2, 0.25) is 11.8 Å². The summed E-state index contributed by atoms with van der Waals surface area (Å²) in [4.78, 5) is 50.0. The molecule has 2 amide bonds. The molecule has 2 atom stereocenters. The summed E-state index contributed by atoms with van der Waals surface area (Å²) in [5, 5.41) is 13.4. The van der Waals surface area contributed by atoms with E-state index in [1.165, 1.54) is 15.3 Å². The molecule has 0 radical (unpaired) electrons. The number of carboxylic acid groups (broad SMARTS) is 1. The number of esters is 1. The van der Waals surface area contributed by atoms with Gasteiger partial charge in [0.1, 0.15) is 18.2 Å². The predicted octanol–water partition coefficient (Wildman–Crippen LogP) is 4.75. The number of carboxylic acids is 1. The van der Waals surface area contributed by atoms with Gasteiger partial charge < -0.3 is 38.3 Å². The number of hydrogen-bond donors (Lipinski definition) is 4. The topological polar surface area (TPSA) is 181 Å². The van der Waals surface area contributed by atoms with Crippen molar-refractivity contribution < 1.29 is 51.5 Å². The van der Waals surface area contributed by atoms with Crippen LogP contribution in [0.15, 0.2) is 72.8 Å². The number of ether oxygens (including phenoxy) is 2. The Morgan fingerprint density at radius 1 is 0.907 bits per heavy atom. The molecule has 13 nitrogen and oxygen atoms in total. The van der Waals surface area contributed by atoms with Crippen LogP contribution in [0.3, 0.4) is 0 Å². The van der Waals surface area contributed by atoms with Gasteiger partial charge in [-0.25, -0.2) is 4.79 Å². The maximum atomic E-state index is 13.2. The fourth-order valence-electron chi connectivity index (χ4n) is 6.26. The monoisotopic (exact) mass is 790 g/mol. The second-order valence-corrected chi connectivity index (χ2v) is 22.4. The number of nitrogens with zero attached hydrogens (tertiary/aromatic N) is 1. The van der Waals surface area contributed by atoms with E-state index in [2.05, 4.69) is 50.4 Å². The third-order valence-corrected chi connectivity index (χ3v) is 15.1. The second kappa shape index (κ2) is 18.8. The molecule has 0 unspecified atom stereocenters. The minimum Gasteiger partial charge on any atom is -0.478 e. The summed E-state index contributed by atoms with van der Waals surface area (Å²) in [6.07, 6.45) is 2.12. The molecule has 2 aromatic carbocycles. The molecule has 0 aliphatic carbocycles. The van der Waals surface area contributed by atoms with Crippen LogP contribution in [0.25, 0.3) is 0 Å². The second-order valence-electron chi connectivity index (χ2n) is 16.2. The number of aliphatic carboxylic acids is 1. The number of rotatable bonds is 19. The molecule has 3 rings (SSSR count). The first-order valence-corrected chi connectivity index (χ1v) is 21.6. The number of hydrogen-bond acceptors (Lipinski definition) is 10. The number of benzene rings is 2. The first-order chi connectivity index (χ1) is 25.1. The fraction of sp³-hybridized carbons (Fsp3) is 0.538. The Kier molecular flexibility index (Phi) is 15.6. The molecule has 0 bridgehead atoms. The van der Waals surface area contributed by atoms with E-state index in [0.717, 1.165) is 6.08 Å². The van der Waals surface area contributed by atoms with Crippen molar-refractivity contribution in [1.82, 2.24) is 10.2 Å². The third-order valence-electron chi connectivity index (χ3n) is 8.90. The van der Waals surface area contributed by atoms with Crippen molar-refractivity contribution in [2.45, 2.75) is 91.0 Å². The number of nitrogens with one attached hydrogen (secondary N) is 1. The Labute approximate surface area is 322 Å². The van der Waals surface area contributed by atoms with E-state index in [-0.39, 0.29) is 37.0 Å². The summed E-state index contributed by atoms with van der Waals surface area (Å²) in [7, 11) is -6.24. The molecule has 1 heterocycles. The van der Waals surface area contributed by atoms with Crippen LogP contribution in [-0.2, 0) is 37.3 Å². The van der Waals surface area contributed by atoms with Crippen molar-refractivity contribution in [3.05, 3.63) is 72.8 Å². The van der Waals surface area contributed by atoms with E-state index in [1.54, 1.807) is 20.8 Å². The smallest absolute Gasteiger partial charge is 0.328 e. The SMILES string of the molecule is CC(C)(CCO[Si](c1ccccc1)(c1ccccc1)C(C)(C)C)COS(O)(O)CCOC[C@@H]1C[C@H](NC(=O)/C=C\C(=O)O)C(=O)N1CC(=O)OC(C)(C)C. The van der Waals surface area contributed by atoms with E-state index < -0.39 is 72.6 Å². The van der Waals surface area contributed by atoms with E-state index in [1.807, 2.05) is 50.2 Å². The summed E-state index contributed by atoms with van der Waals surface area (Å²) in [5.41, 5.74) is -1.26. The standard InChI is InChI=1S/C39H58N2O11SSi/c1-37(2,3)52-35(45)26-41-29(25-32(36(41)46)40-33(42)19-20-34(43)44)27-49-23-24-53(47,48)50-28-39(7,8)21-22-51-54(38(4,5)6,30-15-11-9-12-16-30)31-17-13-10-14-18-31/h9-20,29,32,47-48H,21-28H2,1-8H3,(H,40,42)(H,43,44)/b20-19-/t29-,32-/m0/s1. The third kappa shape index (κ3) is 13.3. The van der Waals surface area contributed by atoms with Crippen molar-refractivity contribution in [3.8, 4) is 0 Å². The molecule has 2 aromatic rings. The maximum absolute atomic E-state index is 13.2. The van der Waals surface area contributed by atoms with Crippen LogP contribution < -0.4 is 15.7 Å². The minimum atomic E-state index is -3.50. The van der Waals surface area contributed by atoms with Gasteiger partial charge in [-0.3, -0.25) is 18.6 Å². The normalized spacial score (nSPS) is 17.5. The zero-order valence-corrected chi connectivity index (χ0v) is 34.5. The Hall–Kier alpha value is -3.57. The van der Waals surface area contributed by atoms with Gasteiger partial charge in [-0.15, -0.1) is 0 Å².